The van der Waals surface area contributed by atoms with Crippen molar-refractivity contribution in [3.63, 3.8) is 0 Å². The van der Waals surface area contributed by atoms with E-state index in [0.29, 0.717) is 6.42 Å². The second kappa shape index (κ2) is 6.34. The number of nitrogens with one attached hydrogen (secondary N) is 1. The Bertz CT molecular complexity index is 513. The molecule has 7 heteroatoms. The van der Waals surface area contributed by atoms with Crippen LogP contribution in [0.15, 0.2) is 0 Å². The number of amides is 2. The maximum Gasteiger partial charge on any atom is 0.246 e. The van der Waals surface area contributed by atoms with Gasteiger partial charge in [-0.2, -0.15) is 0 Å². The normalized spacial score (nSPS) is 26.9. The van der Waals surface area contributed by atoms with E-state index in [-0.39, 0.29) is 35.8 Å². The van der Waals surface area contributed by atoms with E-state index in [9.17, 15) is 18.0 Å². The molecule has 2 unspecified atom stereocenters. The number of hydrogen-bond donors (Lipinski definition) is 1. The molecule has 0 radical (unpaired) electrons. The average molecular weight is 316 g/mol. The molecule has 1 aliphatic carbocycles. The van der Waals surface area contributed by atoms with Crippen LogP contribution in [0.4, 0.5) is 0 Å². The number of sulfone groups is 1. The molecule has 1 saturated carbocycles. The number of hydrogen-bond acceptors (Lipinski definition) is 4. The van der Waals surface area contributed by atoms with Crippen molar-refractivity contribution in [3.05, 3.63) is 0 Å². The molecule has 0 spiro atoms. The molecule has 21 heavy (non-hydrogen) atoms. The SMILES string of the molecule is CCCC1C(=O)NC(C2CC2)C(=O)N1CCS(=O)(=O)CC. The molecule has 0 bridgehead atoms. The van der Waals surface area contributed by atoms with Crippen molar-refractivity contribution >= 4 is 21.7 Å². The van der Waals surface area contributed by atoms with Crippen LogP contribution in [0.2, 0.25) is 0 Å². The summed E-state index contributed by atoms with van der Waals surface area (Å²) in [5, 5.41) is 2.82. The average Bonchev–Trinajstić information content (AvgIpc) is 3.26. The second-order valence-electron chi connectivity index (χ2n) is 5.90. The highest BCUT2D eigenvalue weighted by molar-refractivity contribution is 7.91. The van der Waals surface area contributed by atoms with Crippen LogP contribution in [0.25, 0.3) is 0 Å². The molecule has 0 aromatic carbocycles. The first-order chi connectivity index (χ1) is 9.89. The summed E-state index contributed by atoms with van der Waals surface area (Å²) in [4.78, 5) is 26.3. The second-order valence-corrected chi connectivity index (χ2v) is 8.37. The monoisotopic (exact) mass is 316 g/mol. The fraction of sp³-hybridized carbons (Fsp3) is 0.857. The van der Waals surface area contributed by atoms with E-state index < -0.39 is 21.9 Å². The Balaban J connectivity index is 2.13. The van der Waals surface area contributed by atoms with Crippen molar-refractivity contribution in [2.75, 3.05) is 18.1 Å². The van der Waals surface area contributed by atoms with Crippen molar-refractivity contribution in [1.29, 1.82) is 0 Å². The minimum Gasteiger partial charge on any atom is -0.342 e. The molecular formula is C14H24N2O4S. The third-order valence-electron chi connectivity index (χ3n) is 4.26. The first-order valence-electron chi connectivity index (χ1n) is 7.71. The molecule has 120 valence electrons. The van der Waals surface area contributed by atoms with E-state index in [1.165, 1.54) is 4.90 Å². The van der Waals surface area contributed by atoms with Crippen LogP contribution < -0.4 is 5.32 Å². The fourth-order valence-corrected chi connectivity index (χ4v) is 3.51. The topological polar surface area (TPSA) is 83.6 Å². The molecule has 2 atom stereocenters. The number of carbonyl (C=O) groups is 2. The van der Waals surface area contributed by atoms with Gasteiger partial charge in [-0.15, -0.1) is 0 Å². The Hall–Kier alpha value is -1.11. The Morgan fingerprint density at radius 2 is 1.90 bits per heavy atom. The maximum atomic E-state index is 12.6. The quantitative estimate of drug-likeness (QED) is 0.733. The van der Waals surface area contributed by atoms with Gasteiger partial charge in [0.2, 0.25) is 11.8 Å². The van der Waals surface area contributed by atoms with Crippen molar-refractivity contribution in [2.24, 2.45) is 5.92 Å². The van der Waals surface area contributed by atoms with Crippen LogP contribution in [0, 0.1) is 5.92 Å². The smallest absolute Gasteiger partial charge is 0.246 e. The third-order valence-corrected chi connectivity index (χ3v) is 5.95. The number of rotatable bonds is 7. The highest BCUT2D eigenvalue weighted by Gasteiger charge is 2.46. The Morgan fingerprint density at radius 3 is 2.43 bits per heavy atom. The molecule has 2 aliphatic rings. The molecule has 2 amide bonds. The molecule has 0 aromatic heterocycles. The van der Waals surface area contributed by atoms with Crippen LogP contribution in [0.5, 0.6) is 0 Å². The van der Waals surface area contributed by atoms with Gasteiger partial charge in [0, 0.05) is 12.3 Å². The van der Waals surface area contributed by atoms with Crippen molar-refractivity contribution in [3.8, 4) is 0 Å². The Kier molecular flexibility index (Phi) is 4.91. The Labute approximate surface area is 126 Å². The molecule has 1 aliphatic heterocycles. The summed E-state index contributed by atoms with van der Waals surface area (Å²) in [6.45, 7) is 3.67. The third kappa shape index (κ3) is 3.75. The van der Waals surface area contributed by atoms with E-state index in [2.05, 4.69) is 5.32 Å². The van der Waals surface area contributed by atoms with Gasteiger partial charge in [-0.05, 0) is 25.2 Å². The summed E-state index contributed by atoms with van der Waals surface area (Å²) < 4.78 is 23.4. The molecule has 0 aromatic rings. The number of carbonyl (C=O) groups excluding carboxylic acids is 2. The van der Waals surface area contributed by atoms with E-state index in [4.69, 9.17) is 0 Å². The Morgan fingerprint density at radius 1 is 1.24 bits per heavy atom. The summed E-state index contributed by atoms with van der Waals surface area (Å²) >= 11 is 0. The first kappa shape index (κ1) is 16.3. The van der Waals surface area contributed by atoms with Crippen LogP contribution >= 0.6 is 0 Å². The molecule has 2 fully saturated rings. The molecular weight excluding hydrogens is 292 g/mol. The van der Waals surface area contributed by atoms with Gasteiger partial charge in [-0.3, -0.25) is 9.59 Å². The van der Waals surface area contributed by atoms with E-state index in [1.54, 1.807) is 6.92 Å². The minimum atomic E-state index is -3.15. The summed E-state index contributed by atoms with van der Waals surface area (Å²) in [5.74, 6) is -0.0235. The molecule has 6 nitrogen and oxygen atoms in total. The summed E-state index contributed by atoms with van der Waals surface area (Å²) in [5.41, 5.74) is 0. The van der Waals surface area contributed by atoms with Gasteiger partial charge in [0.1, 0.15) is 12.1 Å². The fourth-order valence-electron chi connectivity index (χ4n) is 2.74. The van der Waals surface area contributed by atoms with Crippen LogP contribution in [-0.4, -0.2) is 55.3 Å². The van der Waals surface area contributed by atoms with Crippen molar-refractivity contribution in [2.45, 2.75) is 51.6 Å². The zero-order valence-corrected chi connectivity index (χ0v) is 13.5. The van der Waals surface area contributed by atoms with Gasteiger partial charge >= 0.3 is 0 Å². The summed E-state index contributed by atoms with van der Waals surface area (Å²) in [7, 11) is -3.15. The highest BCUT2D eigenvalue weighted by atomic mass is 32.2. The lowest BCUT2D eigenvalue weighted by molar-refractivity contribution is -0.149. The van der Waals surface area contributed by atoms with Crippen LogP contribution in [0.3, 0.4) is 0 Å². The maximum absolute atomic E-state index is 12.6. The van der Waals surface area contributed by atoms with Gasteiger partial charge in [0.15, 0.2) is 9.84 Å². The highest BCUT2D eigenvalue weighted by Crippen LogP contribution is 2.35. The van der Waals surface area contributed by atoms with Gasteiger partial charge in [-0.1, -0.05) is 20.3 Å². The van der Waals surface area contributed by atoms with Crippen LogP contribution in [-0.2, 0) is 19.4 Å². The molecule has 1 heterocycles. The first-order valence-corrected chi connectivity index (χ1v) is 9.53. The molecule has 1 saturated heterocycles. The van der Waals surface area contributed by atoms with Gasteiger partial charge in [0.25, 0.3) is 0 Å². The molecule has 2 rings (SSSR count). The van der Waals surface area contributed by atoms with Crippen LogP contribution in [0.1, 0.15) is 39.5 Å². The van der Waals surface area contributed by atoms with Crippen molar-refractivity contribution in [1.82, 2.24) is 10.2 Å². The summed E-state index contributed by atoms with van der Waals surface area (Å²) in [6.07, 6.45) is 3.25. The number of piperazine rings is 1. The van der Waals surface area contributed by atoms with Gasteiger partial charge < -0.3 is 10.2 Å². The standard InChI is InChI=1S/C14H24N2O4S/c1-3-5-11-13(17)15-12(10-6-7-10)14(18)16(11)8-9-21(19,20)4-2/h10-12H,3-9H2,1-2H3,(H,15,17). The number of nitrogens with zero attached hydrogens (tertiary/aromatic N) is 1. The lowest BCUT2D eigenvalue weighted by Crippen LogP contribution is -2.64. The summed E-state index contributed by atoms with van der Waals surface area (Å²) in [6, 6.07) is -0.973. The predicted octanol–water partition coefficient (Wildman–Crippen LogP) is 0.327. The van der Waals surface area contributed by atoms with E-state index in [1.807, 2.05) is 6.92 Å². The largest absolute Gasteiger partial charge is 0.342 e. The van der Waals surface area contributed by atoms with E-state index >= 15 is 0 Å². The zero-order valence-electron chi connectivity index (χ0n) is 12.7. The van der Waals surface area contributed by atoms with Gasteiger partial charge in [-0.25, -0.2) is 8.42 Å². The van der Waals surface area contributed by atoms with Gasteiger partial charge in [0.05, 0.1) is 5.75 Å². The van der Waals surface area contributed by atoms with E-state index in [0.717, 1.165) is 19.3 Å². The molecule has 1 N–H and O–H groups in total. The zero-order chi connectivity index (χ0) is 15.6. The lowest BCUT2D eigenvalue weighted by Gasteiger charge is -2.39. The lowest BCUT2D eigenvalue weighted by atomic mass is 10.0. The predicted molar refractivity (Wildman–Crippen MR) is 79.4 cm³/mol. The minimum absolute atomic E-state index is 0.0612. The van der Waals surface area contributed by atoms with Crippen molar-refractivity contribution < 1.29 is 18.0 Å².